The highest BCUT2D eigenvalue weighted by Crippen LogP contribution is 2.32. The fourth-order valence-corrected chi connectivity index (χ4v) is 3.25. The maximum absolute atomic E-state index is 12.0. The van der Waals surface area contributed by atoms with Gasteiger partial charge < -0.3 is 14.8 Å². The molecule has 0 aliphatic heterocycles. The van der Waals surface area contributed by atoms with Crippen molar-refractivity contribution in [2.75, 3.05) is 19.5 Å². The molecule has 2 aromatic rings. The van der Waals surface area contributed by atoms with Crippen molar-refractivity contribution in [2.24, 2.45) is 5.10 Å². The van der Waals surface area contributed by atoms with E-state index in [1.807, 2.05) is 37.3 Å². The molecule has 148 valence electrons. The van der Waals surface area contributed by atoms with Gasteiger partial charge in [-0.15, -0.1) is 0 Å². The minimum atomic E-state index is -0.341. The number of hydrogen-bond acceptors (Lipinski definition) is 5. The number of halogens is 1. The van der Waals surface area contributed by atoms with Crippen LogP contribution in [0, 0.1) is 10.5 Å². The predicted octanol–water partition coefficient (Wildman–Crippen LogP) is 3.49. The van der Waals surface area contributed by atoms with Gasteiger partial charge in [-0.2, -0.15) is 5.10 Å². The first-order valence-corrected chi connectivity index (χ1v) is 9.61. The van der Waals surface area contributed by atoms with Gasteiger partial charge in [-0.25, -0.2) is 5.43 Å². The van der Waals surface area contributed by atoms with E-state index < -0.39 is 0 Å². The van der Waals surface area contributed by atoms with Crippen LogP contribution in [-0.4, -0.2) is 32.2 Å². The summed E-state index contributed by atoms with van der Waals surface area (Å²) in [4.78, 5) is 23.9. The highest BCUT2D eigenvalue weighted by Gasteiger charge is 2.10. The average Bonchev–Trinajstić information content (AvgIpc) is 2.67. The van der Waals surface area contributed by atoms with Crippen LogP contribution in [0.4, 0.5) is 5.69 Å². The number of amides is 2. The third kappa shape index (κ3) is 6.22. The Kier molecular flexibility index (Phi) is 8.24. The summed E-state index contributed by atoms with van der Waals surface area (Å²) in [5, 5.41) is 6.73. The van der Waals surface area contributed by atoms with E-state index in [1.54, 1.807) is 20.3 Å². The molecule has 0 spiro atoms. The van der Waals surface area contributed by atoms with Gasteiger partial charge in [0.2, 0.25) is 11.8 Å². The number of nitrogens with one attached hydrogen (secondary N) is 2. The van der Waals surface area contributed by atoms with E-state index >= 15 is 0 Å². The van der Waals surface area contributed by atoms with Gasteiger partial charge in [-0.3, -0.25) is 9.59 Å². The Hall–Kier alpha value is -2.62. The lowest BCUT2D eigenvalue weighted by Gasteiger charge is -2.10. The third-order valence-corrected chi connectivity index (χ3v) is 4.66. The topological polar surface area (TPSA) is 89.0 Å². The second-order valence-electron chi connectivity index (χ2n) is 5.89. The molecule has 0 atom stereocenters. The van der Waals surface area contributed by atoms with E-state index in [0.29, 0.717) is 11.5 Å². The van der Waals surface area contributed by atoms with Crippen molar-refractivity contribution < 1.29 is 19.1 Å². The highest BCUT2D eigenvalue weighted by atomic mass is 127. The highest BCUT2D eigenvalue weighted by molar-refractivity contribution is 14.1. The molecule has 8 heteroatoms. The minimum absolute atomic E-state index is 0.0402. The van der Waals surface area contributed by atoms with Crippen molar-refractivity contribution in [3.63, 3.8) is 0 Å². The number of hydrogen-bond donors (Lipinski definition) is 2. The number of ether oxygens (including phenoxy) is 2. The van der Waals surface area contributed by atoms with Crippen molar-refractivity contribution in [2.45, 2.75) is 19.8 Å². The molecule has 0 fully saturated rings. The molecule has 0 saturated heterocycles. The number of aryl methyl sites for hydroxylation is 1. The zero-order valence-corrected chi connectivity index (χ0v) is 18.1. The van der Waals surface area contributed by atoms with Gasteiger partial charge in [0.25, 0.3) is 0 Å². The molecular formula is C20H22IN3O4. The fourth-order valence-electron chi connectivity index (χ4n) is 2.40. The zero-order chi connectivity index (χ0) is 20.5. The Bertz CT molecular complexity index is 884. The normalized spacial score (nSPS) is 10.6. The summed E-state index contributed by atoms with van der Waals surface area (Å²) in [6.45, 7) is 1.91. The molecular weight excluding hydrogens is 473 g/mol. The molecule has 0 aliphatic rings. The van der Waals surface area contributed by atoms with Gasteiger partial charge >= 0.3 is 0 Å². The third-order valence-electron chi connectivity index (χ3n) is 3.86. The number of anilines is 1. The number of nitrogens with zero attached hydrogens (tertiary/aromatic N) is 1. The van der Waals surface area contributed by atoms with Gasteiger partial charge in [0, 0.05) is 18.5 Å². The molecule has 2 amide bonds. The van der Waals surface area contributed by atoms with Crippen LogP contribution in [0.2, 0.25) is 0 Å². The molecule has 0 aliphatic carbocycles. The number of carbonyl (C=O) groups excluding carboxylic acids is 2. The van der Waals surface area contributed by atoms with Crippen LogP contribution in [0.15, 0.2) is 41.5 Å². The van der Waals surface area contributed by atoms with Gasteiger partial charge in [0.1, 0.15) is 0 Å². The van der Waals surface area contributed by atoms with Crippen LogP contribution < -0.4 is 20.2 Å². The summed E-state index contributed by atoms with van der Waals surface area (Å²) in [6.07, 6.45) is 1.62. The van der Waals surface area contributed by atoms with E-state index in [1.165, 1.54) is 6.21 Å². The number of carbonyl (C=O) groups is 2. The van der Waals surface area contributed by atoms with Crippen molar-refractivity contribution in [1.82, 2.24) is 5.43 Å². The average molecular weight is 495 g/mol. The lowest BCUT2D eigenvalue weighted by atomic mass is 10.2. The molecule has 0 unspecified atom stereocenters. The standard InChI is InChI=1S/C20H22IN3O4/c1-13-6-4-5-7-16(13)23-18(25)8-9-19(26)24-22-12-14-10-15(21)20(28-3)17(11-14)27-2/h4-7,10-12H,8-9H2,1-3H3,(H,23,25)(H,24,26). The Balaban J connectivity index is 1.84. The Morgan fingerprint density at radius 3 is 2.50 bits per heavy atom. The van der Waals surface area contributed by atoms with Gasteiger partial charge in [0.15, 0.2) is 11.5 Å². The number of hydrazone groups is 1. The minimum Gasteiger partial charge on any atom is -0.493 e. The van der Waals surface area contributed by atoms with Crippen LogP contribution in [-0.2, 0) is 9.59 Å². The largest absolute Gasteiger partial charge is 0.493 e. The fraction of sp³-hybridized carbons (Fsp3) is 0.250. The van der Waals surface area contributed by atoms with E-state index in [-0.39, 0.29) is 24.7 Å². The SMILES string of the molecule is COc1cc(C=NNC(=O)CCC(=O)Nc2ccccc2C)cc(I)c1OC. The quantitative estimate of drug-likeness (QED) is 0.334. The van der Waals surface area contributed by atoms with Crippen LogP contribution in [0.5, 0.6) is 11.5 Å². The molecule has 7 nitrogen and oxygen atoms in total. The Labute approximate surface area is 177 Å². The van der Waals surface area contributed by atoms with E-state index in [4.69, 9.17) is 9.47 Å². The Morgan fingerprint density at radius 1 is 1.11 bits per heavy atom. The molecule has 0 heterocycles. The molecule has 2 rings (SSSR count). The molecule has 0 radical (unpaired) electrons. The summed E-state index contributed by atoms with van der Waals surface area (Å²) in [5.41, 5.74) is 4.88. The van der Waals surface area contributed by atoms with Crippen molar-refractivity contribution in [1.29, 1.82) is 0 Å². The summed E-state index contributed by atoms with van der Waals surface area (Å²) in [6, 6.07) is 11.1. The van der Waals surface area contributed by atoms with Crippen LogP contribution in [0.1, 0.15) is 24.0 Å². The number of methoxy groups -OCH3 is 2. The van der Waals surface area contributed by atoms with Gasteiger partial charge in [0.05, 0.1) is 24.0 Å². The molecule has 2 aromatic carbocycles. The molecule has 0 aromatic heterocycles. The number of benzene rings is 2. The maximum Gasteiger partial charge on any atom is 0.240 e. The van der Waals surface area contributed by atoms with Crippen molar-refractivity contribution >= 4 is 46.3 Å². The zero-order valence-electron chi connectivity index (χ0n) is 15.9. The smallest absolute Gasteiger partial charge is 0.240 e. The van der Waals surface area contributed by atoms with Crippen LogP contribution in [0.25, 0.3) is 0 Å². The summed E-state index contributed by atoms with van der Waals surface area (Å²) in [7, 11) is 3.13. The first-order valence-electron chi connectivity index (χ1n) is 8.53. The summed E-state index contributed by atoms with van der Waals surface area (Å²) in [5.74, 6) is 0.660. The summed E-state index contributed by atoms with van der Waals surface area (Å²) < 4.78 is 11.4. The second-order valence-corrected chi connectivity index (χ2v) is 7.06. The van der Waals surface area contributed by atoms with E-state index in [2.05, 4.69) is 38.4 Å². The van der Waals surface area contributed by atoms with Crippen LogP contribution in [0.3, 0.4) is 0 Å². The number of rotatable bonds is 8. The Morgan fingerprint density at radius 2 is 1.82 bits per heavy atom. The molecule has 0 bridgehead atoms. The monoisotopic (exact) mass is 495 g/mol. The van der Waals surface area contributed by atoms with Crippen LogP contribution >= 0.6 is 22.6 Å². The van der Waals surface area contributed by atoms with E-state index in [9.17, 15) is 9.59 Å². The first-order chi connectivity index (χ1) is 13.4. The van der Waals surface area contributed by atoms with Gasteiger partial charge in [-0.1, -0.05) is 18.2 Å². The van der Waals surface area contributed by atoms with E-state index in [0.717, 1.165) is 20.4 Å². The lowest BCUT2D eigenvalue weighted by Crippen LogP contribution is -2.20. The molecule has 2 N–H and O–H groups in total. The molecule has 28 heavy (non-hydrogen) atoms. The summed E-state index contributed by atoms with van der Waals surface area (Å²) >= 11 is 2.13. The van der Waals surface area contributed by atoms with Gasteiger partial charge in [-0.05, 0) is 58.8 Å². The molecule has 0 saturated carbocycles. The predicted molar refractivity (Wildman–Crippen MR) is 117 cm³/mol. The van der Waals surface area contributed by atoms with Crippen molar-refractivity contribution in [3.05, 3.63) is 51.1 Å². The first kappa shape index (κ1) is 21.7. The number of para-hydroxylation sites is 1. The lowest BCUT2D eigenvalue weighted by molar-refractivity contribution is -0.124. The second kappa shape index (κ2) is 10.6. The van der Waals surface area contributed by atoms with Crippen molar-refractivity contribution in [3.8, 4) is 11.5 Å². The maximum atomic E-state index is 12.0.